The average Bonchev–Trinajstić information content (AvgIpc) is 2.55. The monoisotopic (exact) mass is 328 g/mol. The molecule has 0 unspecified atom stereocenters. The number of halogens is 3. The SMILES string of the molecule is [C-]#[N+]c1cc(-c2ccc(C)c(O)c2)c2nc(C(F)(F)F)ccc2c1. The van der Waals surface area contributed by atoms with Crippen LogP contribution in [0.5, 0.6) is 5.75 Å². The van der Waals surface area contributed by atoms with E-state index in [1.807, 2.05) is 0 Å². The van der Waals surface area contributed by atoms with E-state index in [4.69, 9.17) is 6.57 Å². The van der Waals surface area contributed by atoms with E-state index < -0.39 is 11.9 Å². The molecule has 1 heterocycles. The van der Waals surface area contributed by atoms with Gasteiger partial charge in [0.15, 0.2) is 5.69 Å². The zero-order valence-electron chi connectivity index (χ0n) is 12.5. The maximum absolute atomic E-state index is 13.0. The van der Waals surface area contributed by atoms with E-state index in [-0.39, 0.29) is 11.3 Å². The number of rotatable bonds is 1. The molecular weight excluding hydrogens is 317 g/mol. The molecule has 1 aromatic heterocycles. The van der Waals surface area contributed by atoms with Crippen LogP contribution in [0.15, 0.2) is 42.5 Å². The van der Waals surface area contributed by atoms with Gasteiger partial charge in [-0.05, 0) is 53.3 Å². The number of benzene rings is 2. The molecule has 0 aliphatic rings. The normalized spacial score (nSPS) is 11.5. The first kappa shape index (κ1) is 15.8. The summed E-state index contributed by atoms with van der Waals surface area (Å²) < 4.78 is 38.9. The Balaban J connectivity index is 2.35. The van der Waals surface area contributed by atoms with Gasteiger partial charge in [-0.25, -0.2) is 9.83 Å². The van der Waals surface area contributed by atoms with E-state index in [2.05, 4.69) is 9.83 Å². The lowest BCUT2D eigenvalue weighted by Crippen LogP contribution is -2.07. The molecule has 0 fully saturated rings. The van der Waals surface area contributed by atoms with Gasteiger partial charge in [0.1, 0.15) is 11.4 Å². The van der Waals surface area contributed by atoms with Gasteiger partial charge in [-0.3, -0.25) is 0 Å². The van der Waals surface area contributed by atoms with Crippen molar-refractivity contribution in [2.45, 2.75) is 13.1 Å². The van der Waals surface area contributed by atoms with E-state index in [1.165, 1.54) is 24.3 Å². The third-order valence-corrected chi connectivity index (χ3v) is 3.72. The van der Waals surface area contributed by atoms with Gasteiger partial charge in [-0.15, -0.1) is 0 Å². The maximum atomic E-state index is 13.0. The molecule has 6 heteroatoms. The van der Waals surface area contributed by atoms with Crippen molar-refractivity contribution in [1.82, 2.24) is 4.98 Å². The molecule has 120 valence electrons. The second-order valence-electron chi connectivity index (χ2n) is 5.37. The Bertz CT molecular complexity index is 988. The third-order valence-electron chi connectivity index (χ3n) is 3.72. The van der Waals surface area contributed by atoms with Gasteiger partial charge < -0.3 is 5.11 Å². The predicted molar refractivity (Wildman–Crippen MR) is 84.8 cm³/mol. The van der Waals surface area contributed by atoms with Gasteiger partial charge >= 0.3 is 6.18 Å². The van der Waals surface area contributed by atoms with Crippen molar-refractivity contribution >= 4 is 16.6 Å². The van der Waals surface area contributed by atoms with Crippen molar-refractivity contribution in [3.05, 3.63) is 65.1 Å². The molecule has 0 atom stereocenters. The molecule has 0 saturated heterocycles. The quantitative estimate of drug-likeness (QED) is 0.600. The van der Waals surface area contributed by atoms with Crippen LogP contribution in [0.1, 0.15) is 11.3 Å². The van der Waals surface area contributed by atoms with Crippen molar-refractivity contribution in [2.24, 2.45) is 0 Å². The van der Waals surface area contributed by atoms with Crippen LogP contribution in [0.3, 0.4) is 0 Å². The molecule has 0 saturated carbocycles. The zero-order chi connectivity index (χ0) is 17.5. The molecule has 24 heavy (non-hydrogen) atoms. The molecule has 0 spiro atoms. The third kappa shape index (κ3) is 2.76. The van der Waals surface area contributed by atoms with E-state index >= 15 is 0 Å². The Morgan fingerprint density at radius 2 is 1.83 bits per heavy atom. The molecule has 0 aliphatic heterocycles. The van der Waals surface area contributed by atoms with Crippen LogP contribution >= 0.6 is 0 Å². The lowest BCUT2D eigenvalue weighted by molar-refractivity contribution is -0.140. The summed E-state index contributed by atoms with van der Waals surface area (Å²) in [6.07, 6.45) is -4.56. The Labute approximate surface area is 135 Å². The molecule has 1 N–H and O–H groups in total. The second kappa shape index (κ2) is 5.53. The summed E-state index contributed by atoms with van der Waals surface area (Å²) in [5.41, 5.74) is 0.955. The summed E-state index contributed by atoms with van der Waals surface area (Å²) in [4.78, 5) is 7.10. The Morgan fingerprint density at radius 1 is 1.08 bits per heavy atom. The molecule has 3 rings (SSSR count). The second-order valence-corrected chi connectivity index (χ2v) is 5.37. The van der Waals surface area contributed by atoms with Crippen molar-refractivity contribution in [2.75, 3.05) is 0 Å². The number of aryl methyl sites for hydroxylation is 1. The molecule has 3 nitrogen and oxygen atoms in total. The standard InChI is InChI=1S/C18H11F3N2O/c1-10-3-4-11(8-15(10)24)14-9-13(22-2)7-12-5-6-16(18(19,20)21)23-17(12)14/h3-9,24H,1H3. The number of aromatic hydroxyl groups is 1. The first-order valence-corrected chi connectivity index (χ1v) is 6.99. The summed E-state index contributed by atoms with van der Waals surface area (Å²) in [6.45, 7) is 8.89. The van der Waals surface area contributed by atoms with E-state index in [0.717, 1.165) is 6.07 Å². The van der Waals surface area contributed by atoms with Gasteiger partial charge in [0.05, 0.1) is 12.1 Å². The fraction of sp³-hybridized carbons (Fsp3) is 0.111. The van der Waals surface area contributed by atoms with Crippen LogP contribution in [-0.4, -0.2) is 10.1 Å². The number of hydrogen-bond acceptors (Lipinski definition) is 2. The van der Waals surface area contributed by atoms with Crippen LogP contribution < -0.4 is 0 Å². The molecule has 0 amide bonds. The highest BCUT2D eigenvalue weighted by atomic mass is 19.4. The number of phenols is 1. The highest BCUT2D eigenvalue weighted by Gasteiger charge is 2.32. The minimum Gasteiger partial charge on any atom is -0.508 e. The average molecular weight is 328 g/mol. The molecule has 0 radical (unpaired) electrons. The summed E-state index contributed by atoms with van der Waals surface area (Å²) >= 11 is 0. The highest BCUT2D eigenvalue weighted by molar-refractivity contribution is 5.97. The highest BCUT2D eigenvalue weighted by Crippen LogP contribution is 2.36. The lowest BCUT2D eigenvalue weighted by Gasteiger charge is -2.12. The Morgan fingerprint density at radius 3 is 2.46 bits per heavy atom. The van der Waals surface area contributed by atoms with Gasteiger partial charge in [0.25, 0.3) is 0 Å². The molecule has 3 aromatic rings. The predicted octanol–water partition coefficient (Wildman–Crippen LogP) is 5.49. The van der Waals surface area contributed by atoms with Gasteiger partial charge in [-0.2, -0.15) is 13.2 Å². The first-order chi connectivity index (χ1) is 11.3. The minimum absolute atomic E-state index is 0.0286. The summed E-state index contributed by atoms with van der Waals surface area (Å²) in [7, 11) is 0. The van der Waals surface area contributed by atoms with E-state index in [1.54, 1.807) is 19.1 Å². The number of phenolic OH excluding ortho intramolecular Hbond substituents is 1. The number of aromatic nitrogens is 1. The number of pyridine rings is 1. The fourth-order valence-electron chi connectivity index (χ4n) is 2.44. The van der Waals surface area contributed by atoms with Crippen LogP contribution in [0, 0.1) is 13.5 Å². The number of fused-ring (bicyclic) bond motifs is 1. The van der Waals surface area contributed by atoms with Crippen molar-refractivity contribution in [3.63, 3.8) is 0 Å². The zero-order valence-corrected chi connectivity index (χ0v) is 12.5. The maximum Gasteiger partial charge on any atom is 0.433 e. The molecule has 2 aromatic carbocycles. The first-order valence-electron chi connectivity index (χ1n) is 6.99. The largest absolute Gasteiger partial charge is 0.508 e. The van der Waals surface area contributed by atoms with E-state index in [9.17, 15) is 18.3 Å². The van der Waals surface area contributed by atoms with Gasteiger partial charge in [-0.1, -0.05) is 18.2 Å². The number of hydrogen-bond donors (Lipinski definition) is 1. The van der Waals surface area contributed by atoms with Crippen LogP contribution in [0.2, 0.25) is 0 Å². The smallest absolute Gasteiger partial charge is 0.433 e. The van der Waals surface area contributed by atoms with Crippen LogP contribution in [0.25, 0.3) is 26.9 Å². The number of nitrogens with zero attached hydrogens (tertiary/aromatic N) is 2. The lowest BCUT2D eigenvalue weighted by atomic mass is 9.99. The molecule has 0 bridgehead atoms. The minimum atomic E-state index is -4.56. The van der Waals surface area contributed by atoms with Crippen LogP contribution in [-0.2, 0) is 6.18 Å². The van der Waals surface area contributed by atoms with Gasteiger partial charge in [0, 0.05) is 0 Å². The van der Waals surface area contributed by atoms with Crippen molar-refractivity contribution in [1.29, 1.82) is 0 Å². The molecule has 0 aliphatic carbocycles. The summed E-state index contributed by atoms with van der Waals surface area (Å²) in [5, 5.41) is 10.3. The Hall–Kier alpha value is -3.07. The summed E-state index contributed by atoms with van der Waals surface area (Å²) in [5.74, 6) is 0.0286. The van der Waals surface area contributed by atoms with Crippen LogP contribution in [0.4, 0.5) is 18.9 Å². The Kier molecular flexibility index (Phi) is 3.64. The van der Waals surface area contributed by atoms with E-state index in [0.29, 0.717) is 27.8 Å². The topological polar surface area (TPSA) is 37.5 Å². The van der Waals surface area contributed by atoms with Crippen molar-refractivity contribution < 1.29 is 18.3 Å². The molecular formula is C18H11F3N2O. The number of alkyl halides is 3. The fourth-order valence-corrected chi connectivity index (χ4v) is 2.44. The van der Waals surface area contributed by atoms with Gasteiger partial charge in [0.2, 0.25) is 0 Å². The van der Waals surface area contributed by atoms with Crippen molar-refractivity contribution in [3.8, 4) is 16.9 Å². The summed E-state index contributed by atoms with van der Waals surface area (Å²) in [6, 6.07) is 9.97.